The molecule has 33 heavy (non-hydrogen) atoms. The zero-order valence-corrected chi connectivity index (χ0v) is 18.9. The third-order valence-electron chi connectivity index (χ3n) is 6.09. The fourth-order valence-electron chi connectivity index (χ4n) is 4.09. The third kappa shape index (κ3) is 5.27. The number of carbonyl (C=O) groups is 3. The molecule has 4 rings (SSSR count). The maximum Gasteiger partial charge on any atom is 0.255 e. The topological polar surface area (TPSA) is 97.0 Å². The second-order valence-electron chi connectivity index (χ2n) is 8.46. The van der Waals surface area contributed by atoms with E-state index in [1.165, 1.54) is 14.2 Å². The number of methoxy groups -OCH3 is 2. The maximum atomic E-state index is 13.0. The molecule has 1 aliphatic heterocycles. The van der Waals surface area contributed by atoms with Gasteiger partial charge >= 0.3 is 0 Å². The third-order valence-corrected chi connectivity index (χ3v) is 6.09. The Morgan fingerprint density at radius 2 is 1.52 bits per heavy atom. The SMILES string of the molecule is COc1cc(NC(=O)C2CCCN(C(=O)C3CC3)C2)c(OC)cc1NC(=O)c1ccccc1. The molecule has 1 saturated heterocycles. The molecule has 1 heterocycles. The van der Waals surface area contributed by atoms with Gasteiger partial charge in [-0.05, 0) is 37.8 Å². The Morgan fingerprint density at radius 3 is 2.12 bits per heavy atom. The molecule has 2 fully saturated rings. The largest absolute Gasteiger partial charge is 0.494 e. The van der Waals surface area contributed by atoms with Crippen molar-refractivity contribution in [1.29, 1.82) is 0 Å². The Kier molecular flexibility index (Phi) is 6.82. The predicted octanol–water partition coefficient (Wildman–Crippen LogP) is 3.54. The molecule has 174 valence electrons. The van der Waals surface area contributed by atoms with E-state index < -0.39 is 0 Å². The molecule has 2 aromatic carbocycles. The molecule has 1 saturated carbocycles. The Labute approximate surface area is 193 Å². The van der Waals surface area contributed by atoms with Crippen molar-refractivity contribution in [2.45, 2.75) is 25.7 Å². The highest BCUT2D eigenvalue weighted by Crippen LogP contribution is 2.37. The number of carbonyl (C=O) groups excluding carboxylic acids is 3. The summed E-state index contributed by atoms with van der Waals surface area (Å²) < 4.78 is 10.9. The van der Waals surface area contributed by atoms with Crippen LogP contribution in [0.25, 0.3) is 0 Å². The number of amides is 3. The van der Waals surface area contributed by atoms with E-state index >= 15 is 0 Å². The molecule has 8 heteroatoms. The van der Waals surface area contributed by atoms with Crippen molar-refractivity contribution in [3.8, 4) is 11.5 Å². The Hall–Kier alpha value is -3.55. The van der Waals surface area contributed by atoms with Gasteiger partial charge in [-0.15, -0.1) is 0 Å². The van der Waals surface area contributed by atoms with Gasteiger partial charge in [0.15, 0.2) is 0 Å². The van der Waals surface area contributed by atoms with Gasteiger partial charge in [0.25, 0.3) is 5.91 Å². The first-order chi connectivity index (χ1) is 16.0. The van der Waals surface area contributed by atoms with Gasteiger partial charge in [-0.2, -0.15) is 0 Å². The average molecular weight is 452 g/mol. The number of hydrogen-bond acceptors (Lipinski definition) is 5. The second kappa shape index (κ2) is 9.94. The summed E-state index contributed by atoms with van der Waals surface area (Å²) in [5, 5.41) is 5.76. The monoisotopic (exact) mass is 451 g/mol. The molecule has 0 bridgehead atoms. The van der Waals surface area contributed by atoms with Crippen LogP contribution in [-0.2, 0) is 9.59 Å². The van der Waals surface area contributed by atoms with Gasteiger partial charge in [-0.1, -0.05) is 18.2 Å². The van der Waals surface area contributed by atoms with Gasteiger partial charge in [0, 0.05) is 36.7 Å². The second-order valence-corrected chi connectivity index (χ2v) is 8.46. The van der Waals surface area contributed by atoms with Gasteiger partial charge < -0.3 is 25.0 Å². The normalized spacial score (nSPS) is 17.8. The molecule has 8 nitrogen and oxygen atoms in total. The molecule has 0 aromatic heterocycles. The summed E-state index contributed by atoms with van der Waals surface area (Å²) in [4.78, 5) is 39.8. The van der Waals surface area contributed by atoms with Crippen LogP contribution in [0.2, 0.25) is 0 Å². The highest BCUT2D eigenvalue weighted by molar-refractivity contribution is 6.05. The van der Waals surface area contributed by atoms with Crippen molar-refractivity contribution >= 4 is 29.1 Å². The number of nitrogens with one attached hydrogen (secondary N) is 2. The van der Waals surface area contributed by atoms with Crippen molar-refractivity contribution < 1.29 is 23.9 Å². The zero-order chi connectivity index (χ0) is 23.4. The number of piperidine rings is 1. The first-order valence-corrected chi connectivity index (χ1v) is 11.2. The molecular weight excluding hydrogens is 422 g/mol. The number of nitrogens with zero attached hydrogens (tertiary/aromatic N) is 1. The van der Waals surface area contributed by atoms with Crippen molar-refractivity contribution in [3.63, 3.8) is 0 Å². The van der Waals surface area contributed by atoms with Crippen molar-refractivity contribution in [1.82, 2.24) is 4.90 Å². The summed E-state index contributed by atoms with van der Waals surface area (Å²) in [5.41, 5.74) is 1.39. The summed E-state index contributed by atoms with van der Waals surface area (Å²) in [6.07, 6.45) is 3.44. The smallest absolute Gasteiger partial charge is 0.255 e. The summed E-state index contributed by atoms with van der Waals surface area (Å²) >= 11 is 0. The minimum absolute atomic E-state index is 0.148. The van der Waals surface area contributed by atoms with Gasteiger partial charge in [0.2, 0.25) is 11.8 Å². The molecule has 0 radical (unpaired) electrons. The molecule has 1 atom stereocenters. The number of hydrogen-bond donors (Lipinski definition) is 2. The first kappa shape index (κ1) is 22.6. The molecule has 0 spiro atoms. The summed E-state index contributed by atoms with van der Waals surface area (Å²) in [6.45, 7) is 1.15. The van der Waals surface area contributed by atoms with E-state index in [1.807, 2.05) is 11.0 Å². The van der Waals surface area contributed by atoms with Crippen LogP contribution in [-0.4, -0.2) is 49.9 Å². The van der Waals surface area contributed by atoms with Crippen LogP contribution < -0.4 is 20.1 Å². The summed E-state index contributed by atoms with van der Waals surface area (Å²) in [6, 6.07) is 12.1. The minimum Gasteiger partial charge on any atom is -0.494 e. The first-order valence-electron chi connectivity index (χ1n) is 11.2. The van der Waals surface area contributed by atoms with Crippen LogP contribution in [0.1, 0.15) is 36.0 Å². The molecule has 1 aliphatic carbocycles. The Bertz CT molecular complexity index is 1040. The predicted molar refractivity (Wildman–Crippen MR) is 125 cm³/mol. The highest BCUT2D eigenvalue weighted by Gasteiger charge is 2.36. The van der Waals surface area contributed by atoms with Gasteiger partial charge in [0.1, 0.15) is 11.5 Å². The van der Waals surface area contributed by atoms with E-state index in [9.17, 15) is 14.4 Å². The van der Waals surface area contributed by atoms with E-state index in [0.29, 0.717) is 41.5 Å². The fraction of sp³-hybridized carbons (Fsp3) is 0.400. The number of likely N-dealkylation sites (tertiary alicyclic amines) is 1. The number of rotatable bonds is 7. The van der Waals surface area contributed by atoms with E-state index in [2.05, 4.69) is 10.6 Å². The van der Waals surface area contributed by atoms with Crippen molar-refractivity contribution in [2.24, 2.45) is 11.8 Å². The highest BCUT2D eigenvalue weighted by atomic mass is 16.5. The van der Waals surface area contributed by atoms with Crippen LogP contribution in [0.15, 0.2) is 42.5 Å². The van der Waals surface area contributed by atoms with E-state index in [4.69, 9.17) is 9.47 Å². The van der Waals surface area contributed by atoms with Crippen molar-refractivity contribution in [3.05, 3.63) is 48.0 Å². The number of benzene rings is 2. The lowest BCUT2D eigenvalue weighted by molar-refractivity contribution is -0.135. The molecule has 2 aromatic rings. The van der Waals surface area contributed by atoms with Crippen LogP contribution in [0.5, 0.6) is 11.5 Å². The van der Waals surface area contributed by atoms with Crippen LogP contribution in [0.3, 0.4) is 0 Å². The lowest BCUT2D eigenvalue weighted by Gasteiger charge is -2.32. The molecule has 2 aliphatic rings. The summed E-state index contributed by atoms with van der Waals surface area (Å²) in [5.74, 6) is 0.383. The van der Waals surface area contributed by atoms with Gasteiger partial charge in [0.05, 0.1) is 31.5 Å². The number of anilines is 2. The Balaban J connectivity index is 1.48. The van der Waals surface area contributed by atoms with Gasteiger partial charge in [-0.25, -0.2) is 0 Å². The molecule has 1 unspecified atom stereocenters. The maximum absolute atomic E-state index is 13.0. The lowest BCUT2D eigenvalue weighted by atomic mass is 9.96. The fourth-order valence-corrected chi connectivity index (χ4v) is 4.09. The number of ether oxygens (including phenoxy) is 2. The summed E-state index contributed by atoms with van der Waals surface area (Å²) in [7, 11) is 2.99. The quantitative estimate of drug-likeness (QED) is 0.671. The van der Waals surface area contributed by atoms with Crippen LogP contribution in [0.4, 0.5) is 11.4 Å². The van der Waals surface area contributed by atoms with Gasteiger partial charge in [-0.3, -0.25) is 14.4 Å². The Morgan fingerprint density at radius 1 is 0.879 bits per heavy atom. The van der Waals surface area contributed by atoms with E-state index in [0.717, 1.165) is 25.7 Å². The van der Waals surface area contributed by atoms with E-state index in [1.54, 1.807) is 36.4 Å². The van der Waals surface area contributed by atoms with Crippen LogP contribution in [0, 0.1) is 11.8 Å². The molecule has 2 N–H and O–H groups in total. The standard InChI is InChI=1S/C25H29N3O5/c1-32-21-14-20(22(33-2)13-19(21)26-23(29)16-7-4-3-5-8-16)27-24(30)18-9-6-12-28(15-18)25(31)17-10-11-17/h3-5,7-8,13-14,17-18H,6,9-12,15H2,1-2H3,(H,26,29)(H,27,30). The minimum atomic E-state index is -0.283. The van der Waals surface area contributed by atoms with E-state index in [-0.39, 0.29) is 29.6 Å². The van der Waals surface area contributed by atoms with Crippen molar-refractivity contribution in [2.75, 3.05) is 37.9 Å². The molecular formula is C25H29N3O5. The zero-order valence-electron chi connectivity index (χ0n) is 18.9. The lowest BCUT2D eigenvalue weighted by Crippen LogP contribution is -2.44. The molecule has 3 amide bonds. The van der Waals surface area contributed by atoms with Crippen LogP contribution >= 0.6 is 0 Å². The average Bonchev–Trinajstić information content (AvgIpc) is 3.70.